The smallest absolute Gasteiger partial charge is 0.305 e. The van der Waals surface area contributed by atoms with Gasteiger partial charge in [-0.05, 0) is 42.0 Å². The molecule has 7 N–H and O–H groups in total. The lowest BCUT2D eigenvalue weighted by atomic mass is 9.74. The Morgan fingerprint density at radius 1 is 0.675 bits per heavy atom. The van der Waals surface area contributed by atoms with Crippen LogP contribution in [-0.4, -0.2) is 48.0 Å². The highest BCUT2D eigenvalue weighted by atomic mass is 16.7. The van der Waals surface area contributed by atoms with Crippen LogP contribution in [-0.2, 0) is 12.2 Å². The zero-order valence-electron chi connectivity index (χ0n) is 20.7. The molecule has 7 rings (SSSR count). The van der Waals surface area contributed by atoms with Crippen molar-refractivity contribution in [1.29, 1.82) is 0 Å². The summed E-state index contributed by atoms with van der Waals surface area (Å²) in [6.07, 6.45) is -3.38. The lowest BCUT2D eigenvalue weighted by Gasteiger charge is -2.50. The van der Waals surface area contributed by atoms with E-state index in [0.717, 1.165) is 6.07 Å². The highest BCUT2D eigenvalue weighted by Crippen LogP contribution is 2.62. The van der Waals surface area contributed by atoms with Crippen LogP contribution >= 0.6 is 0 Å². The van der Waals surface area contributed by atoms with Crippen LogP contribution in [0.3, 0.4) is 0 Å². The second-order valence-electron chi connectivity index (χ2n) is 10.2. The largest absolute Gasteiger partial charge is 0.508 e. The average Bonchev–Trinajstić information content (AvgIpc) is 2.90. The van der Waals surface area contributed by atoms with E-state index < -0.39 is 30.0 Å². The topological polar surface area (TPSA) is 169 Å². The van der Waals surface area contributed by atoms with Gasteiger partial charge in [-0.2, -0.15) is 0 Å². The Morgan fingerprint density at radius 3 is 1.98 bits per heavy atom. The van der Waals surface area contributed by atoms with E-state index >= 15 is 0 Å². The average molecular weight is 545 g/mol. The van der Waals surface area contributed by atoms with Gasteiger partial charge < -0.3 is 50.0 Å². The van der Waals surface area contributed by atoms with Crippen LogP contribution < -0.4 is 14.2 Å². The van der Waals surface area contributed by atoms with Crippen molar-refractivity contribution in [3.8, 4) is 46.0 Å². The Hall–Kier alpha value is -4.80. The first kappa shape index (κ1) is 24.3. The number of phenolic OH excluding ortho intramolecular Hbond substituents is 5. The van der Waals surface area contributed by atoms with E-state index in [-0.39, 0.29) is 58.0 Å². The van der Waals surface area contributed by atoms with Crippen molar-refractivity contribution < 1.29 is 50.0 Å². The lowest BCUT2D eigenvalue weighted by Crippen LogP contribution is -2.57. The molecular weight excluding hydrogens is 520 g/mol. The van der Waals surface area contributed by atoms with Gasteiger partial charge in [0.05, 0.1) is 12.0 Å². The number of benzene rings is 4. The number of ether oxygens (including phenoxy) is 3. The van der Waals surface area contributed by atoms with E-state index in [1.165, 1.54) is 48.5 Å². The van der Waals surface area contributed by atoms with Gasteiger partial charge in [-0.15, -0.1) is 0 Å². The molecular formula is C30H24O10. The van der Waals surface area contributed by atoms with E-state index in [2.05, 4.69) is 0 Å². The first-order valence-electron chi connectivity index (χ1n) is 12.6. The van der Waals surface area contributed by atoms with E-state index in [1.54, 1.807) is 12.1 Å². The normalized spacial score (nSPS) is 25.9. The fourth-order valence-corrected chi connectivity index (χ4v) is 5.99. The van der Waals surface area contributed by atoms with Gasteiger partial charge >= 0.3 is 5.79 Å². The fourth-order valence-electron chi connectivity index (χ4n) is 5.99. The van der Waals surface area contributed by atoms with E-state index in [0.29, 0.717) is 22.3 Å². The minimum absolute atomic E-state index is 0.0107. The van der Waals surface area contributed by atoms with Gasteiger partial charge in [-0.3, -0.25) is 0 Å². The van der Waals surface area contributed by atoms with E-state index in [1.807, 2.05) is 0 Å². The first-order valence-corrected chi connectivity index (χ1v) is 12.6. The highest BCUT2D eigenvalue weighted by Gasteiger charge is 2.60. The monoisotopic (exact) mass is 544 g/mol. The fraction of sp³-hybridized carbons (Fsp3) is 0.200. The molecule has 5 atom stereocenters. The summed E-state index contributed by atoms with van der Waals surface area (Å²) in [5.74, 6) is -3.36. The zero-order valence-corrected chi connectivity index (χ0v) is 20.7. The summed E-state index contributed by atoms with van der Waals surface area (Å²) in [7, 11) is 0. The van der Waals surface area contributed by atoms with Crippen LogP contribution in [0.4, 0.5) is 0 Å². The Balaban J connectivity index is 1.47. The van der Waals surface area contributed by atoms with Gasteiger partial charge in [0.25, 0.3) is 0 Å². The van der Waals surface area contributed by atoms with Crippen molar-refractivity contribution in [3.63, 3.8) is 0 Å². The molecule has 3 heterocycles. The van der Waals surface area contributed by atoms with E-state index in [4.69, 9.17) is 14.2 Å². The summed E-state index contributed by atoms with van der Waals surface area (Å²) in [5, 5.41) is 74.7. The van der Waals surface area contributed by atoms with Crippen LogP contribution in [0.25, 0.3) is 0 Å². The molecule has 4 aromatic rings. The molecule has 3 aliphatic rings. The number of fused-ring (bicyclic) bond motifs is 8. The molecule has 2 bridgehead atoms. The van der Waals surface area contributed by atoms with Gasteiger partial charge in [-0.1, -0.05) is 12.1 Å². The number of aliphatic hydroxyl groups excluding tert-OH is 2. The molecule has 4 aromatic carbocycles. The van der Waals surface area contributed by atoms with Gasteiger partial charge in [0.1, 0.15) is 58.2 Å². The third kappa shape index (κ3) is 3.36. The number of phenols is 5. The minimum Gasteiger partial charge on any atom is -0.508 e. The van der Waals surface area contributed by atoms with Crippen molar-refractivity contribution in [2.24, 2.45) is 0 Å². The second kappa shape index (κ2) is 8.35. The van der Waals surface area contributed by atoms with Crippen LogP contribution in [0, 0.1) is 0 Å². The summed E-state index contributed by atoms with van der Waals surface area (Å²) in [6, 6.07) is 15.8. The van der Waals surface area contributed by atoms with Gasteiger partial charge in [-0.25, -0.2) is 0 Å². The van der Waals surface area contributed by atoms with Crippen LogP contribution in [0.1, 0.15) is 39.8 Å². The predicted molar refractivity (Wildman–Crippen MR) is 138 cm³/mol. The molecule has 0 amide bonds. The molecule has 204 valence electrons. The van der Waals surface area contributed by atoms with Gasteiger partial charge in [0.15, 0.2) is 0 Å². The van der Waals surface area contributed by atoms with Crippen LogP contribution in [0.2, 0.25) is 0 Å². The predicted octanol–water partition coefficient (Wildman–Crippen LogP) is 3.38. The van der Waals surface area contributed by atoms with Crippen molar-refractivity contribution in [2.75, 3.05) is 0 Å². The number of aliphatic hydroxyl groups is 2. The summed E-state index contributed by atoms with van der Waals surface area (Å²) in [6.45, 7) is 0. The number of hydrogen-bond acceptors (Lipinski definition) is 10. The first-order chi connectivity index (χ1) is 19.2. The second-order valence-corrected chi connectivity index (χ2v) is 10.2. The maximum absolute atomic E-state index is 11.9. The molecule has 10 nitrogen and oxygen atoms in total. The molecule has 0 saturated carbocycles. The molecule has 0 aliphatic carbocycles. The van der Waals surface area contributed by atoms with Crippen LogP contribution in [0.15, 0.2) is 66.7 Å². The third-order valence-corrected chi connectivity index (χ3v) is 7.82. The maximum Gasteiger partial charge on any atom is 0.305 e. The molecule has 0 fully saturated rings. The Bertz CT molecular complexity index is 1650. The number of rotatable bonds is 2. The SMILES string of the molecule is Oc1ccc([C@@H]2Oc3c(c(O)cc4c3[C@H]3c5c(O)cc(O)cc5O[C@@](c5ccc(O)cc5)(O4)[C@@H]3O)C[C@@H]2O)cc1. The van der Waals surface area contributed by atoms with E-state index in [9.17, 15) is 35.7 Å². The summed E-state index contributed by atoms with van der Waals surface area (Å²) in [4.78, 5) is 0. The van der Waals surface area contributed by atoms with Crippen LogP contribution in [0.5, 0.6) is 46.0 Å². The molecule has 10 heteroatoms. The summed E-state index contributed by atoms with van der Waals surface area (Å²) in [5.41, 5.74) is 1.69. The Kier molecular flexibility index (Phi) is 5.06. The van der Waals surface area contributed by atoms with Gasteiger partial charge in [0.2, 0.25) is 0 Å². The summed E-state index contributed by atoms with van der Waals surface area (Å²) < 4.78 is 18.9. The lowest BCUT2D eigenvalue weighted by molar-refractivity contribution is -0.219. The molecule has 0 radical (unpaired) electrons. The number of aromatic hydroxyl groups is 5. The van der Waals surface area contributed by atoms with Gasteiger partial charge in [0, 0.05) is 46.9 Å². The van der Waals surface area contributed by atoms with Crippen molar-refractivity contribution in [2.45, 2.75) is 36.4 Å². The van der Waals surface area contributed by atoms with Crippen molar-refractivity contribution >= 4 is 0 Å². The van der Waals surface area contributed by atoms with Crippen molar-refractivity contribution in [3.05, 3.63) is 94.5 Å². The molecule has 0 unspecified atom stereocenters. The number of hydrogen-bond donors (Lipinski definition) is 7. The molecule has 0 spiro atoms. The Labute approximate surface area is 227 Å². The molecule has 40 heavy (non-hydrogen) atoms. The molecule has 3 aliphatic heterocycles. The molecule has 0 aromatic heterocycles. The minimum atomic E-state index is -1.89. The zero-order chi connectivity index (χ0) is 27.9. The van der Waals surface area contributed by atoms with Crippen molar-refractivity contribution in [1.82, 2.24) is 0 Å². The maximum atomic E-state index is 11.9. The quantitative estimate of drug-likeness (QED) is 0.199. The summed E-state index contributed by atoms with van der Waals surface area (Å²) >= 11 is 0. The molecule has 0 saturated heterocycles. The third-order valence-electron chi connectivity index (χ3n) is 7.82. The Morgan fingerprint density at radius 2 is 1.30 bits per heavy atom. The standard InChI is InChI=1S/C30H24O10/c31-15-5-1-13(2-6-15)27-21(36)11-18-19(34)12-23-25(28(18)38-27)26-24-20(35)9-17(33)10-22(24)39-30(40-23,29(26)37)14-3-7-16(32)8-4-14/h1-10,12,21,26-27,29,31-37H,11H2/t21-,26+,27-,29+,30-/m0/s1. The highest BCUT2D eigenvalue weighted by molar-refractivity contribution is 5.67.